The summed E-state index contributed by atoms with van der Waals surface area (Å²) in [6.07, 6.45) is 0. The van der Waals surface area contributed by atoms with Gasteiger partial charge in [0.05, 0.1) is 0 Å². The number of benzene rings is 8. The maximum Gasteiger partial charge on any atom is 0.139 e. The average molecular weight is 706 g/mol. The summed E-state index contributed by atoms with van der Waals surface area (Å²) in [5.74, 6) is 1.00. The fraction of sp³-hybridized carbons (Fsp3) is 0.0566. The van der Waals surface area contributed by atoms with Gasteiger partial charge in [0, 0.05) is 39.0 Å². The van der Waals surface area contributed by atoms with E-state index in [2.05, 4.69) is 213 Å². The van der Waals surface area contributed by atoms with Gasteiger partial charge in [0.1, 0.15) is 11.3 Å². The number of hydrogen-bond acceptors (Lipinski definition) is 2. The molecular weight excluding hydrogens is 667 g/mol. The van der Waals surface area contributed by atoms with Crippen LogP contribution in [0.2, 0.25) is 0 Å². The van der Waals surface area contributed by atoms with Crippen LogP contribution in [0.1, 0.15) is 25.0 Å². The molecule has 1 aromatic heterocycles. The fourth-order valence-corrected chi connectivity index (χ4v) is 8.45. The summed E-state index contributed by atoms with van der Waals surface area (Å²) in [5.41, 5.74) is 17.3. The van der Waals surface area contributed by atoms with Gasteiger partial charge in [-0.15, -0.1) is 0 Å². The zero-order valence-corrected chi connectivity index (χ0v) is 30.9. The lowest BCUT2D eigenvalue weighted by Crippen LogP contribution is -2.15. The van der Waals surface area contributed by atoms with E-state index in [4.69, 9.17) is 4.42 Å². The highest BCUT2D eigenvalue weighted by atomic mass is 16.3. The first-order valence-corrected chi connectivity index (χ1v) is 19.0. The number of rotatable bonds is 7. The summed E-state index contributed by atoms with van der Waals surface area (Å²) in [7, 11) is 0. The highest BCUT2D eigenvalue weighted by Gasteiger charge is 2.40. The van der Waals surface area contributed by atoms with Gasteiger partial charge in [-0.25, -0.2) is 0 Å². The molecule has 0 amide bonds. The highest BCUT2D eigenvalue weighted by molar-refractivity contribution is 5.95. The Bertz CT molecular complexity index is 2740. The lowest BCUT2D eigenvalue weighted by molar-refractivity contribution is 0.619. The summed E-state index contributed by atoms with van der Waals surface area (Å²) in [6.45, 7) is 4.64. The van der Waals surface area contributed by atoms with Gasteiger partial charge in [-0.05, 0) is 105 Å². The molecule has 0 radical (unpaired) electrons. The Morgan fingerprint density at radius 3 is 1.40 bits per heavy atom. The standard InChI is InChI=1S/C53H39NO/c1-53(2)49-35-41(26-31-47(49)52-51(53)48-20-12-13-21-50(48)55-52)40-24-29-45(30-25-40)54(44-27-22-39(23-28-44)36-14-6-3-7-15-36)46-33-42(37-16-8-4-9-17-37)32-43(34-46)38-18-10-5-11-19-38/h3-35H,1-2H3. The van der Waals surface area contributed by atoms with Crippen LogP contribution in [0.25, 0.3) is 66.8 Å². The van der Waals surface area contributed by atoms with Crippen LogP contribution in [0.15, 0.2) is 205 Å². The molecule has 0 spiro atoms. The molecule has 0 saturated carbocycles. The molecule has 10 rings (SSSR count). The maximum absolute atomic E-state index is 6.44. The van der Waals surface area contributed by atoms with Crippen LogP contribution in [0.3, 0.4) is 0 Å². The minimum absolute atomic E-state index is 0.170. The summed E-state index contributed by atoms with van der Waals surface area (Å²) in [6, 6.07) is 72.1. The van der Waals surface area contributed by atoms with E-state index in [9.17, 15) is 0 Å². The molecule has 0 aliphatic heterocycles. The lowest BCUT2D eigenvalue weighted by atomic mass is 9.80. The molecule has 1 heterocycles. The molecule has 0 unspecified atom stereocenters. The average Bonchev–Trinajstić information content (AvgIpc) is 3.75. The van der Waals surface area contributed by atoms with Crippen molar-refractivity contribution in [3.63, 3.8) is 0 Å². The van der Waals surface area contributed by atoms with E-state index >= 15 is 0 Å². The number of hydrogen-bond donors (Lipinski definition) is 0. The molecule has 0 N–H and O–H groups in total. The molecule has 1 aliphatic rings. The van der Waals surface area contributed by atoms with E-state index in [0.29, 0.717) is 0 Å². The van der Waals surface area contributed by atoms with Gasteiger partial charge in [0.25, 0.3) is 0 Å². The van der Waals surface area contributed by atoms with Crippen molar-refractivity contribution in [2.75, 3.05) is 4.90 Å². The van der Waals surface area contributed by atoms with Crippen LogP contribution < -0.4 is 4.90 Å². The monoisotopic (exact) mass is 705 g/mol. The fourth-order valence-electron chi connectivity index (χ4n) is 8.45. The van der Waals surface area contributed by atoms with Gasteiger partial charge in [-0.1, -0.05) is 159 Å². The number of anilines is 3. The van der Waals surface area contributed by atoms with Crippen molar-refractivity contribution in [2.24, 2.45) is 0 Å². The van der Waals surface area contributed by atoms with Crippen molar-refractivity contribution < 1.29 is 4.42 Å². The Morgan fingerprint density at radius 1 is 0.382 bits per heavy atom. The van der Waals surface area contributed by atoms with Crippen LogP contribution in [0.5, 0.6) is 0 Å². The Labute approximate surface area is 322 Å². The largest absolute Gasteiger partial charge is 0.456 e. The number of para-hydroxylation sites is 1. The van der Waals surface area contributed by atoms with Crippen molar-refractivity contribution in [2.45, 2.75) is 19.3 Å². The van der Waals surface area contributed by atoms with Crippen molar-refractivity contribution in [1.82, 2.24) is 0 Å². The van der Waals surface area contributed by atoms with Gasteiger partial charge < -0.3 is 9.32 Å². The first-order chi connectivity index (χ1) is 27.0. The number of fused-ring (bicyclic) bond motifs is 5. The normalized spacial score (nSPS) is 12.7. The van der Waals surface area contributed by atoms with Gasteiger partial charge in [-0.3, -0.25) is 0 Å². The van der Waals surface area contributed by atoms with Crippen molar-refractivity contribution >= 4 is 28.0 Å². The smallest absolute Gasteiger partial charge is 0.139 e. The molecule has 9 aromatic rings. The summed E-state index contributed by atoms with van der Waals surface area (Å²) >= 11 is 0. The number of furan rings is 1. The molecule has 1 aliphatic carbocycles. The first kappa shape index (κ1) is 32.7. The quantitative estimate of drug-likeness (QED) is 0.164. The molecule has 8 aromatic carbocycles. The van der Waals surface area contributed by atoms with Crippen LogP contribution >= 0.6 is 0 Å². The molecule has 262 valence electrons. The molecule has 55 heavy (non-hydrogen) atoms. The van der Waals surface area contributed by atoms with E-state index in [1.54, 1.807) is 0 Å². The predicted octanol–water partition coefficient (Wildman–Crippen LogP) is 14.9. The lowest BCUT2D eigenvalue weighted by Gasteiger charge is -2.27. The molecule has 0 bridgehead atoms. The van der Waals surface area contributed by atoms with E-state index in [0.717, 1.165) is 28.4 Å². The number of nitrogens with zero attached hydrogens (tertiary/aromatic N) is 1. The second-order valence-electron chi connectivity index (χ2n) is 15.0. The van der Waals surface area contributed by atoms with Crippen LogP contribution in [-0.2, 0) is 5.41 Å². The van der Waals surface area contributed by atoms with E-state index < -0.39 is 0 Å². The summed E-state index contributed by atoms with van der Waals surface area (Å²) < 4.78 is 6.44. The molecule has 0 saturated heterocycles. The Kier molecular flexibility index (Phi) is 7.85. The van der Waals surface area contributed by atoms with E-state index in [1.807, 2.05) is 6.07 Å². The summed E-state index contributed by atoms with van der Waals surface area (Å²) in [5, 5.41) is 1.20. The predicted molar refractivity (Wildman–Crippen MR) is 230 cm³/mol. The maximum atomic E-state index is 6.44. The minimum Gasteiger partial charge on any atom is -0.456 e. The molecule has 0 atom stereocenters. The molecule has 0 fully saturated rings. The second kappa shape index (κ2) is 13.2. The van der Waals surface area contributed by atoms with Crippen LogP contribution in [0.4, 0.5) is 17.1 Å². The third-order valence-electron chi connectivity index (χ3n) is 11.2. The van der Waals surface area contributed by atoms with Gasteiger partial charge in [0.2, 0.25) is 0 Å². The summed E-state index contributed by atoms with van der Waals surface area (Å²) in [4.78, 5) is 2.38. The van der Waals surface area contributed by atoms with Crippen LogP contribution in [-0.4, -0.2) is 0 Å². The zero-order chi connectivity index (χ0) is 36.9. The SMILES string of the molecule is CC1(C)c2cc(-c3ccc(N(c4ccc(-c5ccccc5)cc4)c4cc(-c5ccccc5)cc(-c5ccccc5)c4)cc3)ccc2-c2oc3ccccc3c21. The molecule has 2 nitrogen and oxygen atoms in total. The minimum atomic E-state index is -0.170. The van der Waals surface area contributed by atoms with E-state index in [-0.39, 0.29) is 5.41 Å². The Morgan fingerprint density at radius 2 is 0.836 bits per heavy atom. The van der Waals surface area contributed by atoms with Gasteiger partial charge in [0.15, 0.2) is 0 Å². The van der Waals surface area contributed by atoms with Crippen LogP contribution in [0, 0.1) is 0 Å². The topological polar surface area (TPSA) is 16.4 Å². The second-order valence-corrected chi connectivity index (χ2v) is 15.0. The molecular formula is C53H39NO. The van der Waals surface area contributed by atoms with Crippen molar-refractivity contribution in [3.8, 4) is 55.8 Å². The van der Waals surface area contributed by atoms with E-state index in [1.165, 1.54) is 66.6 Å². The van der Waals surface area contributed by atoms with Gasteiger partial charge in [-0.2, -0.15) is 0 Å². The third kappa shape index (κ3) is 5.75. The Balaban J connectivity index is 1.08. The zero-order valence-electron chi connectivity index (χ0n) is 30.9. The first-order valence-electron chi connectivity index (χ1n) is 19.0. The molecule has 2 heteroatoms. The third-order valence-corrected chi connectivity index (χ3v) is 11.2. The van der Waals surface area contributed by atoms with Gasteiger partial charge >= 0.3 is 0 Å². The van der Waals surface area contributed by atoms with Crippen molar-refractivity contribution in [1.29, 1.82) is 0 Å². The Hall–Kier alpha value is -6.90. The van der Waals surface area contributed by atoms with Crippen molar-refractivity contribution in [3.05, 3.63) is 211 Å². The highest BCUT2D eigenvalue weighted by Crippen LogP contribution is 2.53.